The van der Waals surface area contributed by atoms with Crippen LogP contribution >= 0.6 is 11.3 Å². The van der Waals surface area contributed by atoms with E-state index in [1.807, 2.05) is 0 Å². The minimum Gasteiger partial charge on any atom is -0.145 e. The van der Waals surface area contributed by atoms with Crippen LogP contribution in [0.25, 0.3) is 0 Å². The van der Waals surface area contributed by atoms with Crippen LogP contribution < -0.4 is 0 Å². The highest BCUT2D eigenvalue weighted by molar-refractivity contribution is 7.12. The van der Waals surface area contributed by atoms with Crippen molar-refractivity contribution in [3.63, 3.8) is 0 Å². The molecule has 0 fully saturated rings. The first-order valence-corrected chi connectivity index (χ1v) is 6.45. The molecule has 1 aromatic rings. The van der Waals surface area contributed by atoms with E-state index in [4.69, 9.17) is 0 Å². The molecule has 1 aromatic heterocycles. The predicted octanol–water partition coefficient (Wildman–Crippen LogP) is 4.13. The Kier molecular flexibility index (Phi) is 2.46. The molecular formula is C13H20S. The molecule has 1 aliphatic carbocycles. The fraction of sp³-hybridized carbons (Fsp3) is 0.692. The zero-order valence-electron chi connectivity index (χ0n) is 9.74. The van der Waals surface area contributed by atoms with E-state index >= 15 is 0 Å². The maximum atomic E-state index is 2.40. The van der Waals surface area contributed by atoms with Gasteiger partial charge in [0.15, 0.2) is 0 Å². The van der Waals surface area contributed by atoms with E-state index < -0.39 is 0 Å². The van der Waals surface area contributed by atoms with Crippen LogP contribution in [0.15, 0.2) is 0 Å². The third-order valence-electron chi connectivity index (χ3n) is 3.46. The summed E-state index contributed by atoms with van der Waals surface area (Å²) < 4.78 is 0. The molecule has 0 atom stereocenters. The lowest BCUT2D eigenvalue weighted by Crippen LogP contribution is -2.21. The summed E-state index contributed by atoms with van der Waals surface area (Å²) in [7, 11) is 0. The number of aryl methyl sites for hydroxylation is 2. The first-order chi connectivity index (χ1) is 6.53. The van der Waals surface area contributed by atoms with Gasteiger partial charge >= 0.3 is 0 Å². The van der Waals surface area contributed by atoms with Crippen molar-refractivity contribution in [2.45, 2.75) is 53.4 Å². The van der Waals surface area contributed by atoms with Crippen molar-refractivity contribution in [1.82, 2.24) is 0 Å². The highest BCUT2D eigenvalue weighted by Gasteiger charge is 2.28. The van der Waals surface area contributed by atoms with Crippen LogP contribution in [0.1, 0.15) is 48.1 Å². The molecule has 0 aromatic carbocycles. The molecule has 0 aliphatic heterocycles. The second kappa shape index (κ2) is 3.37. The summed E-state index contributed by atoms with van der Waals surface area (Å²) in [6.07, 6.45) is 5.19. The Balaban J connectivity index is 2.41. The lowest BCUT2D eigenvalue weighted by Gasteiger charge is -2.29. The maximum absolute atomic E-state index is 2.40. The quantitative estimate of drug-likeness (QED) is 0.651. The van der Waals surface area contributed by atoms with Crippen molar-refractivity contribution in [1.29, 1.82) is 0 Å². The Bertz CT molecular complexity index is 344. The van der Waals surface area contributed by atoms with Crippen molar-refractivity contribution >= 4 is 11.3 Å². The number of rotatable bonds is 1. The van der Waals surface area contributed by atoms with Gasteiger partial charge in [-0.25, -0.2) is 0 Å². The van der Waals surface area contributed by atoms with E-state index in [2.05, 4.69) is 39.0 Å². The summed E-state index contributed by atoms with van der Waals surface area (Å²) in [5, 5.41) is 0. The average Bonchev–Trinajstić information content (AvgIpc) is 2.42. The smallest absolute Gasteiger partial charge is 0.00833 e. The molecule has 0 spiro atoms. The van der Waals surface area contributed by atoms with E-state index in [0.29, 0.717) is 5.41 Å². The molecule has 1 aliphatic rings. The van der Waals surface area contributed by atoms with Crippen molar-refractivity contribution in [2.75, 3.05) is 0 Å². The summed E-state index contributed by atoms with van der Waals surface area (Å²) in [6, 6.07) is 0. The molecule has 0 bridgehead atoms. The zero-order chi connectivity index (χ0) is 10.3. The van der Waals surface area contributed by atoms with Crippen molar-refractivity contribution in [3.05, 3.63) is 20.9 Å². The maximum Gasteiger partial charge on any atom is 0.00833 e. The van der Waals surface area contributed by atoms with Gasteiger partial charge in [0, 0.05) is 9.75 Å². The molecule has 1 heteroatoms. The van der Waals surface area contributed by atoms with Gasteiger partial charge in [0.25, 0.3) is 0 Å². The number of hydrogen-bond donors (Lipinski definition) is 0. The highest BCUT2D eigenvalue weighted by atomic mass is 32.1. The molecule has 0 N–H and O–H groups in total. The van der Waals surface area contributed by atoms with Crippen LogP contribution in [0, 0.1) is 12.3 Å². The molecule has 0 unspecified atom stereocenters. The molecule has 78 valence electrons. The van der Waals surface area contributed by atoms with Gasteiger partial charge in [-0.2, -0.15) is 0 Å². The summed E-state index contributed by atoms with van der Waals surface area (Å²) in [5.41, 5.74) is 3.81. The zero-order valence-corrected chi connectivity index (χ0v) is 10.6. The van der Waals surface area contributed by atoms with Crippen LogP contribution in [0.3, 0.4) is 0 Å². The third kappa shape index (κ3) is 1.63. The van der Waals surface area contributed by atoms with Gasteiger partial charge in [-0.3, -0.25) is 0 Å². The monoisotopic (exact) mass is 208 g/mol. The van der Waals surface area contributed by atoms with E-state index in [-0.39, 0.29) is 0 Å². The van der Waals surface area contributed by atoms with Gasteiger partial charge in [0.05, 0.1) is 0 Å². The molecule has 0 amide bonds. The van der Waals surface area contributed by atoms with Crippen LogP contribution in [0.4, 0.5) is 0 Å². The lowest BCUT2D eigenvalue weighted by atomic mass is 9.76. The van der Waals surface area contributed by atoms with Crippen LogP contribution in [-0.2, 0) is 19.3 Å². The lowest BCUT2D eigenvalue weighted by molar-refractivity contribution is 0.317. The molecule has 14 heavy (non-hydrogen) atoms. The normalized spacial score (nSPS) is 19.4. The first kappa shape index (κ1) is 10.2. The first-order valence-electron chi connectivity index (χ1n) is 5.63. The van der Waals surface area contributed by atoms with Gasteiger partial charge in [-0.15, -0.1) is 11.3 Å². The third-order valence-corrected chi connectivity index (χ3v) is 5.00. The van der Waals surface area contributed by atoms with Crippen LogP contribution in [-0.4, -0.2) is 0 Å². The topological polar surface area (TPSA) is 0 Å². The Morgan fingerprint density at radius 3 is 2.71 bits per heavy atom. The molecular weight excluding hydrogens is 188 g/mol. The van der Waals surface area contributed by atoms with Crippen molar-refractivity contribution < 1.29 is 0 Å². The molecule has 2 rings (SSSR count). The molecule has 0 saturated heterocycles. The Morgan fingerprint density at radius 1 is 1.36 bits per heavy atom. The minimum absolute atomic E-state index is 0.532. The Hall–Kier alpha value is -0.300. The van der Waals surface area contributed by atoms with E-state index in [1.54, 1.807) is 20.9 Å². The second-order valence-electron chi connectivity index (χ2n) is 5.25. The minimum atomic E-state index is 0.532. The van der Waals surface area contributed by atoms with Crippen molar-refractivity contribution in [3.8, 4) is 0 Å². The fourth-order valence-electron chi connectivity index (χ4n) is 2.45. The van der Waals surface area contributed by atoms with Gasteiger partial charge in [0.2, 0.25) is 0 Å². The molecule has 0 radical (unpaired) electrons. The largest absolute Gasteiger partial charge is 0.145 e. The van der Waals surface area contributed by atoms with Crippen LogP contribution in [0.2, 0.25) is 0 Å². The highest BCUT2D eigenvalue weighted by Crippen LogP contribution is 2.41. The Labute approximate surface area is 91.4 Å². The second-order valence-corrected chi connectivity index (χ2v) is 6.44. The molecule has 0 nitrogen and oxygen atoms in total. The molecule has 0 saturated carbocycles. The summed E-state index contributed by atoms with van der Waals surface area (Å²) in [5.74, 6) is 0. The molecule has 1 heterocycles. The summed E-state index contributed by atoms with van der Waals surface area (Å²) >= 11 is 2.06. The van der Waals surface area contributed by atoms with Gasteiger partial charge in [0.1, 0.15) is 0 Å². The summed E-state index contributed by atoms with van der Waals surface area (Å²) in [6.45, 7) is 9.39. The number of thiophene rings is 1. The van der Waals surface area contributed by atoms with E-state index in [1.165, 1.54) is 25.7 Å². The van der Waals surface area contributed by atoms with Gasteiger partial charge in [-0.05, 0) is 49.1 Å². The fourth-order valence-corrected chi connectivity index (χ4v) is 3.72. The Morgan fingerprint density at radius 2 is 2.07 bits per heavy atom. The van der Waals surface area contributed by atoms with Crippen molar-refractivity contribution in [2.24, 2.45) is 5.41 Å². The van der Waals surface area contributed by atoms with Crippen LogP contribution in [0.5, 0.6) is 0 Å². The van der Waals surface area contributed by atoms with Gasteiger partial charge in [-0.1, -0.05) is 20.8 Å². The van der Waals surface area contributed by atoms with E-state index in [0.717, 1.165) is 0 Å². The average molecular weight is 208 g/mol. The van der Waals surface area contributed by atoms with Gasteiger partial charge < -0.3 is 0 Å². The standard InChI is InChI=1S/C13H20S/c1-5-11-9(2)10-8-13(3,4)7-6-12(10)14-11/h5-8H2,1-4H3. The van der Waals surface area contributed by atoms with E-state index in [9.17, 15) is 0 Å². The number of fused-ring (bicyclic) bond motifs is 1. The summed E-state index contributed by atoms with van der Waals surface area (Å²) in [4.78, 5) is 3.30. The SMILES string of the molecule is CCc1sc2c(c1C)CC(C)(C)CC2. The predicted molar refractivity (Wildman–Crippen MR) is 64.2 cm³/mol. The number of hydrogen-bond acceptors (Lipinski definition) is 1.